The summed E-state index contributed by atoms with van der Waals surface area (Å²) in [5, 5.41) is 1.63. The summed E-state index contributed by atoms with van der Waals surface area (Å²) < 4.78 is 0. The van der Waals surface area contributed by atoms with Crippen LogP contribution in [0.15, 0.2) is 30.3 Å². The van der Waals surface area contributed by atoms with Gasteiger partial charge in [-0.25, -0.2) is 0 Å². The molecular formula is C15H25NO2. The first kappa shape index (κ1) is 15.2. The van der Waals surface area contributed by atoms with Gasteiger partial charge in [0.1, 0.15) is 0 Å². The third kappa shape index (κ3) is 6.74. The molecule has 18 heavy (non-hydrogen) atoms. The van der Waals surface area contributed by atoms with E-state index < -0.39 is 0 Å². The fourth-order valence-electron chi connectivity index (χ4n) is 1.48. The molecule has 1 aromatic carbocycles. The minimum absolute atomic E-state index is 0.675. The summed E-state index contributed by atoms with van der Waals surface area (Å²) in [6.07, 6.45) is 4.38. The van der Waals surface area contributed by atoms with E-state index in [-0.39, 0.29) is 0 Å². The summed E-state index contributed by atoms with van der Waals surface area (Å²) in [5.74, 6) is 0. The number of nitrogens with zero attached hydrogens (tertiary/aromatic N) is 1. The molecule has 0 unspecified atom stereocenters. The number of hydrogen-bond donors (Lipinski definition) is 0. The molecule has 3 nitrogen and oxygen atoms in total. The molecule has 0 aliphatic carbocycles. The molecule has 0 spiro atoms. The van der Waals surface area contributed by atoms with Gasteiger partial charge in [-0.2, -0.15) is 0 Å². The van der Waals surface area contributed by atoms with Gasteiger partial charge in [0.15, 0.2) is 0 Å². The van der Waals surface area contributed by atoms with Crippen molar-refractivity contribution in [2.75, 3.05) is 13.2 Å². The van der Waals surface area contributed by atoms with E-state index in [1.54, 1.807) is 5.23 Å². The lowest BCUT2D eigenvalue weighted by Gasteiger charge is -2.21. The molecule has 0 aromatic heterocycles. The van der Waals surface area contributed by atoms with Gasteiger partial charge in [-0.05, 0) is 18.4 Å². The molecular weight excluding hydrogens is 226 g/mol. The van der Waals surface area contributed by atoms with E-state index in [9.17, 15) is 0 Å². The zero-order valence-electron chi connectivity index (χ0n) is 11.6. The SMILES string of the molecule is CCCCON(Cc1ccccc1)OCCCC. The lowest BCUT2D eigenvalue weighted by Crippen LogP contribution is -2.25. The summed E-state index contributed by atoms with van der Waals surface area (Å²) in [6.45, 7) is 6.42. The van der Waals surface area contributed by atoms with Crippen LogP contribution in [0.2, 0.25) is 0 Å². The van der Waals surface area contributed by atoms with E-state index in [4.69, 9.17) is 9.68 Å². The predicted octanol–water partition coefficient (Wildman–Crippen LogP) is 3.95. The predicted molar refractivity (Wildman–Crippen MR) is 73.7 cm³/mol. The van der Waals surface area contributed by atoms with Crippen LogP contribution < -0.4 is 0 Å². The third-order valence-electron chi connectivity index (χ3n) is 2.62. The van der Waals surface area contributed by atoms with Crippen molar-refractivity contribution in [3.63, 3.8) is 0 Å². The molecule has 3 heteroatoms. The maximum absolute atomic E-state index is 5.64. The zero-order chi connectivity index (χ0) is 13.1. The lowest BCUT2D eigenvalue weighted by atomic mass is 10.2. The van der Waals surface area contributed by atoms with Crippen molar-refractivity contribution in [3.05, 3.63) is 35.9 Å². The van der Waals surface area contributed by atoms with E-state index >= 15 is 0 Å². The number of unbranched alkanes of at least 4 members (excludes halogenated alkanes) is 2. The third-order valence-corrected chi connectivity index (χ3v) is 2.62. The van der Waals surface area contributed by atoms with Crippen LogP contribution in [0.25, 0.3) is 0 Å². The molecule has 0 saturated heterocycles. The lowest BCUT2D eigenvalue weighted by molar-refractivity contribution is -0.375. The fourth-order valence-corrected chi connectivity index (χ4v) is 1.48. The first-order valence-corrected chi connectivity index (χ1v) is 6.94. The Morgan fingerprint density at radius 1 is 0.889 bits per heavy atom. The van der Waals surface area contributed by atoms with Gasteiger partial charge in [-0.15, -0.1) is 0 Å². The van der Waals surface area contributed by atoms with Crippen LogP contribution in [-0.4, -0.2) is 18.4 Å². The van der Waals surface area contributed by atoms with Crippen LogP contribution in [0, 0.1) is 0 Å². The van der Waals surface area contributed by atoms with Crippen LogP contribution in [-0.2, 0) is 16.2 Å². The molecule has 0 radical (unpaired) electrons. The molecule has 0 saturated carbocycles. The maximum Gasteiger partial charge on any atom is 0.0767 e. The van der Waals surface area contributed by atoms with Crippen LogP contribution in [0.4, 0.5) is 0 Å². The Hall–Kier alpha value is -0.900. The Bertz CT molecular complexity index is 280. The monoisotopic (exact) mass is 251 g/mol. The molecule has 0 fully saturated rings. The van der Waals surface area contributed by atoms with Gasteiger partial charge in [-0.1, -0.05) is 62.2 Å². The van der Waals surface area contributed by atoms with Gasteiger partial charge in [-0.3, -0.25) is 9.68 Å². The van der Waals surface area contributed by atoms with E-state index in [1.807, 2.05) is 18.2 Å². The molecule has 0 aliphatic rings. The van der Waals surface area contributed by atoms with E-state index in [0.29, 0.717) is 6.54 Å². The number of rotatable bonds is 10. The zero-order valence-corrected chi connectivity index (χ0v) is 11.6. The highest BCUT2D eigenvalue weighted by atomic mass is 16.9. The molecule has 0 aliphatic heterocycles. The average Bonchev–Trinajstić information content (AvgIpc) is 2.40. The average molecular weight is 251 g/mol. The second-order valence-electron chi connectivity index (χ2n) is 4.35. The van der Waals surface area contributed by atoms with Gasteiger partial charge in [0.2, 0.25) is 0 Å². The molecule has 0 heterocycles. The smallest absolute Gasteiger partial charge is 0.0767 e. The topological polar surface area (TPSA) is 21.7 Å². The Morgan fingerprint density at radius 2 is 1.44 bits per heavy atom. The highest BCUT2D eigenvalue weighted by Crippen LogP contribution is 2.07. The van der Waals surface area contributed by atoms with Gasteiger partial charge in [0.25, 0.3) is 0 Å². The maximum atomic E-state index is 5.64. The van der Waals surface area contributed by atoms with Gasteiger partial charge < -0.3 is 0 Å². The molecule has 102 valence electrons. The van der Waals surface area contributed by atoms with E-state index in [0.717, 1.165) is 38.9 Å². The Labute approximate surface area is 111 Å². The van der Waals surface area contributed by atoms with Crippen LogP contribution >= 0.6 is 0 Å². The Kier molecular flexibility index (Phi) is 8.47. The van der Waals surface area contributed by atoms with Crippen molar-refractivity contribution in [1.29, 1.82) is 0 Å². The summed E-state index contributed by atoms with van der Waals surface area (Å²) in [4.78, 5) is 11.3. The van der Waals surface area contributed by atoms with Crippen molar-refractivity contribution in [2.45, 2.75) is 46.1 Å². The van der Waals surface area contributed by atoms with Crippen LogP contribution in [0.1, 0.15) is 45.1 Å². The van der Waals surface area contributed by atoms with Crippen molar-refractivity contribution < 1.29 is 9.68 Å². The molecule has 1 rings (SSSR count). The second-order valence-corrected chi connectivity index (χ2v) is 4.35. The first-order valence-electron chi connectivity index (χ1n) is 6.94. The summed E-state index contributed by atoms with van der Waals surface area (Å²) in [6, 6.07) is 10.2. The number of benzene rings is 1. The van der Waals surface area contributed by atoms with Crippen molar-refractivity contribution in [2.24, 2.45) is 0 Å². The molecule has 0 atom stereocenters. The molecule has 0 bridgehead atoms. The van der Waals surface area contributed by atoms with Crippen LogP contribution in [0.5, 0.6) is 0 Å². The fraction of sp³-hybridized carbons (Fsp3) is 0.600. The van der Waals surface area contributed by atoms with Crippen molar-refractivity contribution >= 4 is 0 Å². The van der Waals surface area contributed by atoms with Gasteiger partial charge >= 0.3 is 0 Å². The quantitative estimate of drug-likeness (QED) is 0.464. The molecule has 0 amide bonds. The van der Waals surface area contributed by atoms with E-state index in [1.165, 1.54) is 5.56 Å². The highest BCUT2D eigenvalue weighted by Gasteiger charge is 2.06. The standard InChI is InChI=1S/C15H25NO2/c1-3-5-12-17-16(18-13-6-4-2)14-15-10-8-7-9-11-15/h7-11H,3-6,12-14H2,1-2H3. The highest BCUT2D eigenvalue weighted by molar-refractivity contribution is 5.13. The minimum atomic E-state index is 0.675. The Balaban J connectivity index is 2.37. The Morgan fingerprint density at radius 3 is 1.94 bits per heavy atom. The van der Waals surface area contributed by atoms with E-state index in [2.05, 4.69) is 26.0 Å². The van der Waals surface area contributed by atoms with Gasteiger partial charge in [0, 0.05) is 0 Å². The molecule has 1 aromatic rings. The largest absolute Gasteiger partial charge is 0.274 e. The van der Waals surface area contributed by atoms with Crippen molar-refractivity contribution in [3.8, 4) is 0 Å². The summed E-state index contributed by atoms with van der Waals surface area (Å²) >= 11 is 0. The second kappa shape index (κ2) is 10.1. The van der Waals surface area contributed by atoms with Gasteiger partial charge in [0.05, 0.1) is 19.8 Å². The number of hydroxylamine groups is 2. The molecule has 0 N–H and O–H groups in total. The van der Waals surface area contributed by atoms with Crippen LogP contribution in [0.3, 0.4) is 0 Å². The summed E-state index contributed by atoms with van der Waals surface area (Å²) in [7, 11) is 0. The summed E-state index contributed by atoms with van der Waals surface area (Å²) in [5.41, 5.74) is 1.20. The first-order chi connectivity index (χ1) is 8.86. The van der Waals surface area contributed by atoms with Crippen molar-refractivity contribution in [1.82, 2.24) is 5.23 Å². The minimum Gasteiger partial charge on any atom is -0.274 e. The number of hydrogen-bond acceptors (Lipinski definition) is 3. The normalized spacial score (nSPS) is 11.1.